The first-order valence-electron chi connectivity index (χ1n) is 9.02. The van der Waals surface area contributed by atoms with Gasteiger partial charge in [-0.05, 0) is 37.8 Å². The molecule has 5 heteroatoms. The number of amides is 2. The van der Waals surface area contributed by atoms with Gasteiger partial charge < -0.3 is 14.5 Å². The second-order valence-corrected chi connectivity index (χ2v) is 6.89. The van der Waals surface area contributed by atoms with E-state index in [1.807, 2.05) is 40.1 Å². The van der Waals surface area contributed by atoms with Gasteiger partial charge in [-0.15, -0.1) is 6.58 Å². The number of benzene rings is 1. The summed E-state index contributed by atoms with van der Waals surface area (Å²) in [6.07, 6.45) is 6.10. The van der Waals surface area contributed by atoms with E-state index >= 15 is 0 Å². The zero-order chi connectivity index (χ0) is 17.7. The monoisotopic (exact) mass is 342 g/mol. The number of likely N-dealkylation sites (tertiary alicyclic amines) is 2. The minimum Gasteiger partial charge on any atom is -0.484 e. The van der Waals surface area contributed by atoms with Gasteiger partial charge in [0.2, 0.25) is 5.91 Å². The van der Waals surface area contributed by atoms with Crippen LogP contribution in [0.25, 0.3) is 0 Å². The first-order chi connectivity index (χ1) is 12.1. The molecule has 2 amide bonds. The summed E-state index contributed by atoms with van der Waals surface area (Å²) in [5, 5.41) is 0. The summed E-state index contributed by atoms with van der Waals surface area (Å²) in [5.74, 6) is 0.865. The molecule has 0 aliphatic carbocycles. The molecule has 2 fully saturated rings. The number of ether oxygens (including phenoxy) is 1. The molecule has 134 valence electrons. The minimum atomic E-state index is -0.232. The van der Waals surface area contributed by atoms with E-state index in [1.54, 1.807) is 6.08 Å². The van der Waals surface area contributed by atoms with Gasteiger partial charge in [-0.2, -0.15) is 0 Å². The Morgan fingerprint density at radius 3 is 2.76 bits per heavy atom. The molecule has 25 heavy (non-hydrogen) atoms. The standard InChI is InChI=1S/C20H26N2O3/c1-2-13-22-18(23)10-6-11-20(22)12-7-14-21(16-20)19(24)15-25-17-8-4-3-5-9-17/h2-5,8-9H,1,6-7,10-16H2. The third kappa shape index (κ3) is 3.86. The summed E-state index contributed by atoms with van der Waals surface area (Å²) in [4.78, 5) is 28.8. The molecule has 0 radical (unpaired) electrons. The molecular formula is C20H26N2O3. The number of hydrogen-bond donors (Lipinski definition) is 0. The van der Waals surface area contributed by atoms with Crippen molar-refractivity contribution in [2.24, 2.45) is 0 Å². The minimum absolute atomic E-state index is 0.0143. The van der Waals surface area contributed by atoms with Crippen molar-refractivity contribution in [2.45, 2.75) is 37.6 Å². The van der Waals surface area contributed by atoms with Crippen LogP contribution in [0.4, 0.5) is 0 Å². The Morgan fingerprint density at radius 2 is 2.00 bits per heavy atom. The lowest BCUT2D eigenvalue weighted by molar-refractivity contribution is -0.150. The van der Waals surface area contributed by atoms with Crippen LogP contribution in [0.15, 0.2) is 43.0 Å². The predicted molar refractivity (Wildman–Crippen MR) is 96.2 cm³/mol. The van der Waals surface area contributed by atoms with Crippen molar-refractivity contribution in [3.8, 4) is 5.75 Å². The number of piperidine rings is 2. The van der Waals surface area contributed by atoms with Crippen LogP contribution in [0, 0.1) is 0 Å². The van der Waals surface area contributed by atoms with Crippen LogP contribution in [0.5, 0.6) is 5.75 Å². The highest BCUT2D eigenvalue weighted by molar-refractivity contribution is 5.80. The van der Waals surface area contributed by atoms with Gasteiger partial charge in [0.25, 0.3) is 5.91 Å². The summed E-state index contributed by atoms with van der Waals surface area (Å²) in [6, 6.07) is 9.37. The Labute approximate surface area is 149 Å². The van der Waals surface area contributed by atoms with Gasteiger partial charge in [0.15, 0.2) is 6.61 Å². The molecule has 2 saturated heterocycles. The van der Waals surface area contributed by atoms with Gasteiger partial charge in [0, 0.05) is 26.1 Å². The predicted octanol–water partition coefficient (Wildman–Crippen LogP) is 2.63. The fourth-order valence-electron chi connectivity index (χ4n) is 4.03. The summed E-state index contributed by atoms with van der Waals surface area (Å²) >= 11 is 0. The first-order valence-corrected chi connectivity index (χ1v) is 9.02. The highest BCUT2D eigenvalue weighted by Crippen LogP contribution is 2.36. The third-order valence-electron chi connectivity index (χ3n) is 5.23. The van der Waals surface area contributed by atoms with Crippen molar-refractivity contribution in [3.05, 3.63) is 43.0 Å². The second-order valence-electron chi connectivity index (χ2n) is 6.89. The summed E-state index contributed by atoms with van der Waals surface area (Å²) in [5.41, 5.74) is -0.232. The highest BCUT2D eigenvalue weighted by atomic mass is 16.5. The average molecular weight is 342 g/mol. The Morgan fingerprint density at radius 1 is 1.24 bits per heavy atom. The molecule has 1 aromatic rings. The van der Waals surface area contributed by atoms with Crippen LogP contribution in [-0.2, 0) is 9.59 Å². The number of rotatable bonds is 5. The quantitative estimate of drug-likeness (QED) is 0.773. The largest absolute Gasteiger partial charge is 0.484 e. The lowest BCUT2D eigenvalue weighted by Gasteiger charge is -2.51. The van der Waals surface area contributed by atoms with E-state index in [2.05, 4.69) is 6.58 Å². The molecule has 5 nitrogen and oxygen atoms in total. The lowest BCUT2D eigenvalue weighted by Crippen LogP contribution is -2.63. The van der Waals surface area contributed by atoms with E-state index in [0.29, 0.717) is 25.3 Å². The molecule has 1 atom stereocenters. The fourth-order valence-corrected chi connectivity index (χ4v) is 4.03. The van der Waals surface area contributed by atoms with E-state index in [-0.39, 0.29) is 24.0 Å². The average Bonchev–Trinajstić information content (AvgIpc) is 2.64. The molecule has 1 aromatic carbocycles. The molecule has 0 N–H and O–H groups in total. The zero-order valence-corrected chi connectivity index (χ0v) is 14.7. The van der Waals surface area contributed by atoms with Crippen LogP contribution in [0.1, 0.15) is 32.1 Å². The van der Waals surface area contributed by atoms with Gasteiger partial charge >= 0.3 is 0 Å². The summed E-state index contributed by atoms with van der Waals surface area (Å²) in [6.45, 7) is 5.72. The summed E-state index contributed by atoms with van der Waals surface area (Å²) < 4.78 is 5.60. The molecule has 0 aromatic heterocycles. The molecule has 2 heterocycles. The fraction of sp³-hybridized carbons (Fsp3) is 0.500. The van der Waals surface area contributed by atoms with Crippen LogP contribution < -0.4 is 4.74 Å². The van der Waals surface area contributed by atoms with E-state index in [4.69, 9.17) is 4.74 Å². The lowest BCUT2D eigenvalue weighted by atomic mass is 9.79. The topological polar surface area (TPSA) is 49.9 Å². The molecule has 0 bridgehead atoms. The summed E-state index contributed by atoms with van der Waals surface area (Å²) in [7, 11) is 0. The third-order valence-corrected chi connectivity index (χ3v) is 5.23. The first kappa shape index (κ1) is 17.5. The maximum Gasteiger partial charge on any atom is 0.260 e. The molecule has 0 saturated carbocycles. The van der Waals surface area contributed by atoms with Gasteiger partial charge in [0.1, 0.15) is 5.75 Å². The Hall–Kier alpha value is -2.30. The van der Waals surface area contributed by atoms with Crippen LogP contribution in [-0.4, -0.2) is 53.4 Å². The van der Waals surface area contributed by atoms with Gasteiger partial charge in [0.05, 0.1) is 5.54 Å². The molecule has 2 aliphatic rings. The van der Waals surface area contributed by atoms with Crippen LogP contribution in [0.2, 0.25) is 0 Å². The number of para-hydroxylation sites is 1. The van der Waals surface area contributed by atoms with Crippen LogP contribution >= 0.6 is 0 Å². The number of nitrogens with zero attached hydrogens (tertiary/aromatic N) is 2. The molecule has 3 rings (SSSR count). The van der Waals surface area contributed by atoms with Crippen molar-refractivity contribution in [2.75, 3.05) is 26.2 Å². The maximum absolute atomic E-state index is 12.6. The van der Waals surface area contributed by atoms with E-state index in [1.165, 1.54) is 0 Å². The van der Waals surface area contributed by atoms with Crippen molar-refractivity contribution in [1.82, 2.24) is 9.80 Å². The van der Waals surface area contributed by atoms with Gasteiger partial charge in [-0.3, -0.25) is 9.59 Å². The van der Waals surface area contributed by atoms with E-state index < -0.39 is 0 Å². The molecule has 1 spiro atoms. The molecular weight excluding hydrogens is 316 g/mol. The second kappa shape index (κ2) is 7.72. The van der Waals surface area contributed by atoms with Crippen molar-refractivity contribution < 1.29 is 14.3 Å². The highest BCUT2D eigenvalue weighted by Gasteiger charge is 2.45. The Balaban J connectivity index is 1.66. The Bertz CT molecular complexity index is 627. The number of carbonyl (C=O) groups excluding carboxylic acids is 2. The van der Waals surface area contributed by atoms with Crippen molar-refractivity contribution >= 4 is 11.8 Å². The van der Waals surface area contributed by atoms with Gasteiger partial charge in [-0.1, -0.05) is 24.3 Å². The smallest absolute Gasteiger partial charge is 0.260 e. The van der Waals surface area contributed by atoms with Crippen molar-refractivity contribution in [1.29, 1.82) is 0 Å². The normalized spacial score (nSPS) is 23.6. The number of hydrogen-bond acceptors (Lipinski definition) is 3. The SMILES string of the molecule is C=CCN1C(=O)CCCC12CCCN(C(=O)COc1ccccc1)C2. The van der Waals surface area contributed by atoms with E-state index in [0.717, 1.165) is 32.2 Å². The van der Waals surface area contributed by atoms with Crippen molar-refractivity contribution in [3.63, 3.8) is 0 Å². The Kier molecular flexibility index (Phi) is 5.41. The zero-order valence-electron chi connectivity index (χ0n) is 14.7. The molecule has 2 aliphatic heterocycles. The number of carbonyl (C=O) groups is 2. The van der Waals surface area contributed by atoms with E-state index in [9.17, 15) is 9.59 Å². The maximum atomic E-state index is 12.6. The van der Waals surface area contributed by atoms with Gasteiger partial charge in [-0.25, -0.2) is 0 Å². The van der Waals surface area contributed by atoms with Crippen LogP contribution in [0.3, 0.4) is 0 Å². The molecule has 1 unspecified atom stereocenters.